The molecule has 4 unspecified atom stereocenters. The van der Waals surface area contributed by atoms with Crippen LogP contribution in [0.2, 0.25) is 0 Å². The van der Waals surface area contributed by atoms with Crippen LogP contribution in [0.3, 0.4) is 0 Å². The predicted molar refractivity (Wildman–Crippen MR) is 66.3 cm³/mol. The summed E-state index contributed by atoms with van der Waals surface area (Å²) in [4.78, 5) is 0. The molecule has 3 rings (SSSR count). The monoisotopic (exact) mass is 222 g/mol. The van der Waals surface area contributed by atoms with E-state index in [-0.39, 0.29) is 0 Å². The van der Waals surface area contributed by atoms with Crippen molar-refractivity contribution in [3.05, 3.63) is 0 Å². The van der Waals surface area contributed by atoms with Crippen molar-refractivity contribution in [3.8, 4) is 0 Å². The Morgan fingerprint density at radius 1 is 1.06 bits per heavy atom. The second-order valence-electron chi connectivity index (χ2n) is 7.44. The first kappa shape index (κ1) is 11.1. The van der Waals surface area contributed by atoms with Gasteiger partial charge in [-0.05, 0) is 48.3 Å². The summed E-state index contributed by atoms with van der Waals surface area (Å²) in [6.45, 7) is 8.37. The summed E-state index contributed by atoms with van der Waals surface area (Å²) in [7, 11) is 0. The average molecular weight is 222 g/mol. The Morgan fingerprint density at radius 2 is 1.81 bits per heavy atom. The van der Waals surface area contributed by atoms with Gasteiger partial charge in [0.1, 0.15) is 0 Å². The Labute approximate surface area is 99.9 Å². The van der Waals surface area contributed by atoms with Crippen LogP contribution in [0, 0.1) is 22.7 Å². The molecule has 2 saturated carbocycles. The lowest BCUT2D eigenvalue weighted by molar-refractivity contribution is -0.208. The molecule has 4 atom stereocenters. The number of hydrogen-bond donors (Lipinski definition) is 0. The normalized spacial score (nSPS) is 50.8. The highest BCUT2D eigenvalue weighted by molar-refractivity contribution is 5.10. The van der Waals surface area contributed by atoms with Crippen LogP contribution in [0.1, 0.15) is 59.3 Å². The van der Waals surface area contributed by atoms with Crippen LogP contribution in [0.4, 0.5) is 0 Å². The zero-order valence-electron chi connectivity index (χ0n) is 11.1. The molecular weight excluding hydrogens is 196 g/mol. The summed E-state index contributed by atoms with van der Waals surface area (Å²) in [5.41, 5.74) is 0.997. The van der Waals surface area contributed by atoms with Gasteiger partial charge in [-0.15, -0.1) is 0 Å². The van der Waals surface area contributed by atoms with Crippen LogP contribution in [0.25, 0.3) is 0 Å². The maximum Gasteiger partial charge on any atom is 0.0662 e. The molecule has 3 aliphatic rings. The molecule has 0 radical (unpaired) electrons. The van der Waals surface area contributed by atoms with Crippen molar-refractivity contribution in [2.24, 2.45) is 22.7 Å². The van der Waals surface area contributed by atoms with Gasteiger partial charge >= 0.3 is 0 Å². The largest absolute Gasteiger partial charge is 0.377 e. The van der Waals surface area contributed by atoms with E-state index in [1.54, 1.807) is 0 Å². The fourth-order valence-corrected chi connectivity index (χ4v) is 5.05. The fraction of sp³-hybridized carbons (Fsp3) is 1.00. The van der Waals surface area contributed by atoms with E-state index in [0.29, 0.717) is 16.9 Å². The molecule has 0 N–H and O–H groups in total. The molecule has 3 fully saturated rings. The van der Waals surface area contributed by atoms with Crippen molar-refractivity contribution >= 4 is 0 Å². The molecule has 1 heteroatoms. The Kier molecular flexibility index (Phi) is 2.41. The quantitative estimate of drug-likeness (QED) is 0.601. The molecule has 0 aromatic rings. The summed E-state index contributed by atoms with van der Waals surface area (Å²) in [5, 5.41) is 0. The minimum atomic E-state index is 0.492. The van der Waals surface area contributed by atoms with Gasteiger partial charge in [-0.3, -0.25) is 0 Å². The Balaban J connectivity index is 1.84. The first-order valence-corrected chi connectivity index (χ1v) is 7.15. The second-order valence-corrected chi connectivity index (χ2v) is 7.44. The van der Waals surface area contributed by atoms with Gasteiger partial charge < -0.3 is 4.74 Å². The van der Waals surface area contributed by atoms with E-state index in [2.05, 4.69) is 20.8 Å². The lowest BCUT2D eigenvalue weighted by Gasteiger charge is -2.62. The third-order valence-electron chi connectivity index (χ3n) is 5.64. The van der Waals surface area contributed by atoms with E-state index in [9.17, 15) is 0 Å². The highest BCUT2D eigenvalue weighted by Crippen LogP contribution is 2.63. The zero-order chi connectivity index (χ0) is 11.4. The lowest BCUT2D eigenvalue weighted by atomic mass is 9.45. The van der Waals surface area contributed by atoms with E-state index >= 15 is 0 Å². The van der Waals surface area contributed by atoms with Gasteiger partial charge in [0.2, 0.25) is 0 Å². The van der Waals surface area contributed by atoms with Crippen LogP contribution in [0.5, 0.6) is 0 Å². The number of ether oxygens (including phenoxy) is 1. The van der Waals surface area contributed by atoms with Gasteiger partial charge in [-0.25, -0.2) is 0 Å². The van der Waals surface area contributed by atoms with E-state index < -0.39 is 0 Å². The molecule has 1 heterocycles. The maximum absolute atomic E-state index is 6.21. The molecule has 0 amide bonds. The predicted octanol–water partition coefficient (Wildman–Crippen LogP) is 4.02. The van der Waals surface area contributed by atoms with Crippen molar-refractivity contribution < 1.29 is 4.74 Å². The molecule has 1 aliphatic heterocycles. The Bertz CT molecular complexity index is 283. The first-order valence-electron chi connectivity index (χ1n) is 7.15. The van der Waals surface area contributed by atoms with E-state index in [1.165, 1.54) is 38.5 Å². The molecular formula is C15H26O. The smallest absolute Gasteiger partial charge is 0.0662 e. The first-order chi connectivity index (χ1) is 7.53. The summed E-state index contributed by atoms with van der Waals surface area (Å²) in [6, 6.07) is 0. The fourth-order valence-electron chi connectivity index (χ4n) is 5.05. The van der Waals surface area contributed by atoms with Gasteiger partial charge in [0, 0.05) is 6.61 Å². The minimum Gasteiger partial charge on any atom is -0.377 e. The Hall–Kier alpha value is -0.0400. The van der Waals surface area contributed by atoms with Crippen molar-refractivity contribution in [1.82, 2.24) is 0 Å². The molecule has 0 aromatic heterocycles. The van der Waals surface area contributed by atoms with Gasteiger partial charge in [-0.2, -0.15) is 0 Å². The highest BCUT2D eigenvalue weighted by atomic mass is 16.5. The van der Waals surface area contributed by atoms with Crippen LogP contribution in [-0.2, 0) is 4.74 Å². The number of hydrogen-bond acceptors (Lipinski definition) is 1. The van der Waals surface area contributed by atoms with Gasteiger partial charge in [0.25, 0.3) is 0 Å². The lowest BCUT2D eigenvalue weighted by Crippen LogP contribution is -2.61. The third-order valence-corrected chi connectivity index (χ3v) is 5.64. The zero-order valence-corrected chi connectivity index (χ0v) is 11.1. The molecule has 0 bridgehead atoms. The maximum atomic E-state index is 6.21. The van der Waals surface area contributed by atoms with E-state index in [4.69, 9.17) is 4.74 Å². The van der Waals surface area contributed by atoms with Gasteiger partial charge in [0.15, 0.2) is 0 Å². The summed E-state index contributed by atoms with van der Waals surface area (Å²) in [6.07, 6.45) is 9.04. The third kappa shape index (κ3) is 1.47. The summed E-state index contributed by atoms with van der Waals surface area (Å²) >= 11 is 0. The Morgan fingerprint density at radius 3 is 2.62 bits per heavy atom. The van der Waals surface area contributed by atoms with Crippen LogP contribution in [0.15, 0.2) is 0 Å². The second kappa shape index (κ2) is 3.48. The molecule has 2 aliphatic carbocycles. The summed E-state index contributed by atoms with van der Waals surface area (Å²) in [5.74, 6) is 1.89. The van der Waals surface area contributed by atoms with Crippen LogP contribution >= 0.6 is 0 Å². The minimum absolute atomic E-state index is 0.492. The van der Waals surface area contributed by atoms with Gasteiger partial charge in [0.05, 0.1) is 6.10 Å². The van der Waals surface area contributed by atoms with E-state index in [1.807, 2.05) is 0 Å². The van der Waals surface area contributed by atoms with Crippen LogP contribution in [-0.4, -0.2) is 12.7 Å². The van der Waals surface area contributed by atoms with Crippen molar-refractivity contribution in [2.45, 2.75) is 65.4 Å². The average Bonchev–Trinajstić information content (AvgIpc) is 2.32. The van der Waals surface area contributed by atoms with Crippen molar-refractivity contribution in [1.29, 1.82) is 0 Å². The standard InChI is InChI=1S/C15H26O/c1-14(2)8-9-16-13-11-6-4-5-7-12(11)15(13,3)10-14/h11-13H,4-10H2,1-3H3. The summed E-state index contributed by atoms with van der Waals surface area (Å²) < 4.78 is 6.21. The highest BCUT2D eigenvalue weighted by Gasteiger charge is 2.61. The molecule has 92 valence electrons. The van der Waals surface area contributed by atoms with Crippen LogP contribution < -0.4 is 0 Å². The van der Waals surface area contributed by atoms with E-state index in [0.717, 1.165) is 18.4 Å². The molecule has 1 nitrogen and oxygen atoms in total. The molecule has 0 spiro atoms. The molecule has 0 aromatic carbocycles. The topological polar surface area (TPSA) is 9.23 Å². The van der Waals surface area contributed by atoms with Crippen molar-refractivity contribution in [3.63, 3.8) is 0 Å². The number of rotatable bonds is 0. The van der Waals surface area contributed by atoms with Crippen molar-refractivity contribution in [2.75, 3.05) is 6.61 Å². The molecule has 16 heavy (non-hydrogen) atoms. The number of fused-ring (bicyclic) bond motifs is 4. The van der Waals surface area contributed by atoms with Gasteiger partial charge in [-0.1, -0.05) is 33.6 Å². The SMILES string of the molecule is CC1(C)CCOC2C3CCCCC3C2(C)C1. The molecule has 1 saturated heterocycles.